The van der Waals surface area contributed by atoms with Crippen LogP contribution in [-0.2, 0) is 11.2 Å². The monoisotopic (exact) mass is 217 g/mol. The first-order valence-electron chi connectivity index (χ1n) is 5.52. The van der Waals surface area contributed by atoms with Crippen LogP contribution in [0.5, 0.6) is 5.75 Å². The van der Waals surface area contributed by atoms with Crippen LogP contribution >= 0.6 is 0 Å². The van der Waals surface area contributed by atoms with Crippen LogP contribution in [0.3, 0.4) is 0 Å². The molecule has 3 nitrogen and oxygen atoms in total. The highest BCUT2D eigenvalue weighted by Crippen LogP contribution is 2.27. The van der Waals surface area contributed by atoms with Crippen molar-refractivity contribution in [3.63, 3.8) is 0 Å². The molecule has 1 atom stereocenters. The summed E-state index contributed by atoms with van der Waals surface area (Å²) in [5.74, 6) is 0.914. The molecule has 0 saturated carbocycles. The van der Waals surface area contributed by atoms with Crippen molar-refractivity contribution in [2.45, 2.75) is 26.4 Å². The summed E-state index contributed by atoms with van der Waals surface area (Å²) in [5, 5.41) is 8.89. The smallest absolute Gasteiger partial charge is 0.125 e. The van der Waals surface area contributed by atoms with Crippen molar-refractivity contribution >= 4 is 0 Å². The predicted octanol–water partition coefficient (Wildman–Crippen LogP) is 2.21. The lowest BCUT2D eigenvalue weighted by atomic mass is 10.0. The zero-order chi connectivity index (χ0) is 11.5. The molecule has 0 aromatic heterocycles. The number of nitriles is 1. The summed E-state index contributed by atoms with van der Waals surface area (Å²) >= 11 is 0. The summed E-state index contributed by atoms with van der Waals surface area (Å²) in [6, 6.07) is 5.93. The van der Waals surface area contributed by atoms with Gasteiger partial charge in [0.2, 0.25) is 0 Å². The van der Waals surface area contributed by atoms with Gasteiger partial charge in [-0.3, -0.25) is 0 Å². The second-order valence-corrected chi connectivity index (χ2v) is 4.01. The second-order valence-electron chi connectivity index (χ2n) is 4.01. The van der Waals surface area contributed by atoms with Crippen LogP contribution in [0.15, 0.2) is 12.1 Å². The van der Waals surface area contributed by atoms with E-state index in [1.54, 1.807) is 0 Å². The van der Waals surface area contributed by atoms with Crippen molar-refractivity contribution in [2.24, 2.45) is 0 Å². The molecule has 16 heavy (non-hydrogen) atoms. The van der Waals surface area contributed by atoms with Gasteiger partial charge >= 0.3 is 0 Å². The number of rotatable bonds is 4. The van der Waals surface area contributed by atoms with Gasteiger partial charge in [0, 0.05) is 0 Å². The highest BCUT2D eigenvalue weighted by molar-refractivity contribution is 5.47. The Morgan fingerprint density at radius 2 is 2.31 bits per heavy atom. The van der Waals surface area contributed by atoms with E-state index in [1.165, 1.54) is 0 Å². The average Bonchev–Trinajstić information content (AvgIpc) is 3.10. The van der Waals surface area contributed by atoms with Crippen molar-refractivity contribution in [3.05, 3.63) is 28.8 Å². The summed E-state index contributed by atoms with van der Waals surface area (Å²) in [7, 11) is 0. The van der Waals surface area contributed by atoms with E-state index in [1.807, 2.05) is 19.1 Å². The fourth-order valence-electron chi connectivity index (χ4n) is 1.72. The standard InChI is InChI=1S/C13H15NO2/c1-3-11-5-10(6-14)4-9(2)13(11)16-8-12-7-15-12/h4-5,12H,3,7-8H2,1-2H3/t12-/m0/s1. The highest BCUT2D eigenvalue weighted by Gasteiger charge is 2.23. The van der Waals surface area contributed by atoms with Crippen LogP contribution in [0, 0.1) is 18.3 Å². The molecular formula is C13H15NO2. The Hall–Kier alpha value is -1.53. The lowest BCUT2D eigenvalue weighted by Crippen LogP contribution is -2.07. The van der Waals surface area contributed by atoms with E-state index < -0.39 is 0 Å². The van der Waals surface area contributed by atoms with E-state index in [0.717, 1.165) is 29.9 Å². The van der Waals surface area contributed by atoms with Gasteiger partial charge in [-0.2, -0.15) is 5.26 Å². The molecule has 0 N–H and O–H groups in total. The van der Waals surface area contributed by atoms with Crippen molar-refractivity contribution in [2.75, 3.05) is 13.2 Å². The maximum absolute atomic E-state index is 8.89. The lowest BCUT2D eigenvalue weighted by molar-refractivity contribution is 0.260. The fourth-order valence-corrected chi connectivity index (χ4v) is 1.72. The number of hydrogen-bond donors (Lipinski definition) is 0. The van der Waals surface area contributed by atoms with Gasteiger partial charge in [-0.25, -0.2) is 0 Å². The molecular weight excluding hydrogens is 202 g/mol. The number of epoxide rings is 1. The van der Waals surface area contributed by atoms with E-state index in [-0.39, 0.29) is 6.10 Å². The SMILES string of the molecule is CCc1cc(C#N)cc(C)c1OC[C@@H]1CO1. The Labute approximate surface area is 95.6 Å². The van der Waals surface area contributed by atoms with Crippen LogP contribution in [0.25, 0.3) is 0 Å². The molecule has 0 amide bonds. The van der Waals surface area contributed by atoms with Crippen molar-refractivity contribution in [1.82, 2.24) is 0 Å². The molecule has 1 fully saturated rings. The number of nitrogens with zero attached hydrogens (tertiary/aromatic N) is 1. The quantitative estimate of drug-likeness (QED) is 0.726. The molecule has 1 heterocycles. The Morgan fingerprint density at radius 1 is 1.56 bits per heavy atom. The predicted molar refractivity (Wildman–Crippen MR) is 60.5 cm³/mol. The molecule has 1 aliphatic heterocycles. The van der Waals surface area contributed by atoms with E-state index in [0.29, 0.717) is 12.2 Å². The largest absolute Gasteiger partial charge is 0.490 e. The maximum atomic E-state index is 8.89. The third-order valence-electron chi connectivity index (χ3n) is 2.68. The van der Waals surface area contributed by atoms with E-state index in [4.69, 9.17) is 14.7 Å². The van der Waals surface area contributed by atoms with Crippen LogP contribution < -0.4 is 4.74 Å². The van der Waals surface area contributed by atoms with Crippen LogP contribution in [0.2, 0.25) is 0 Å². The zero-order valence-corrected chi connectivity index (χ0v) is 9.62. The molecule has 0 bridgehead atoms. The second kappa shape index (κ2) is 4.54. The van der Waals surface area contributed by atoms with Gasteiger partial charge in [-0.1, -0.05) is 6.92 Å². The Kier molecular flexibility index (Phi) is 3.12. The Bertz CT molecular complexity index is 430. The van der Waals surface area contributed by atoms with E-state index >= 15 is 0 Å². The van der Waals surface area contributed by atoms with Crippen molar-refractivity contribution in [1.29, 1.82) is 5.26 Å². The molecule has 0 spiro atoms. The van der Waals surface area contributed by atoms with Crippen LogP contribution in [-0.4, -0.2) is 19.3 Å². The van der Waals surface area contributed by atoms with Gasteiger partial charge in [0.15, 0.2) is 0 Å². The summed E-state index contributed by atoms with van der Waals surface area (Å²) in [6.07, 6.45) is 1.14. The Balaban J connectivity index is 2.23. The number of ether oxygens (including phenoxy) is 2. The first-order chi connectivity index (χ1) is 7.74. The third kappa shape index (κ3) is 2.34. The number of aryl methyl sites for hydroxylation is 2. The van der Waals surface area contributed by atoms with Crippen LogP contribution in [0.1, 0.15) is 23.6 Å². The molecule has 2 rings (SSSR count). The van der Waals surface area contributed by atoms with Gasteiger partial charge in [0.1, 0.15) is 18.5 Å². The van der Waals surface area contributed by atoms with Crippen molar-refractivity contribution in [3.8, 4) is 11.8 Å². The molecule has 1 aromatic rings. The summed E-state index contributed by atoms with van der Waals surface area (Å²) in [6.45, 7) is 5.45. The van der Waals surface area contributed by atoms with Gasteiger partial charge in [-0.15, -0.1) is 0 Å². The van der Waals surface area contributed by atoms with E-state index in [2.05, 4.69) is 13.0 Å². The molecule has 1 aromatic carbocycles. The number of benzene rings is 1. The summed E-state index contributed by atoms with van der Waals surface area (Å²) in [4.78, 5) is 0. The maximum Gasteiger partial charge on any atom is 0.125 e. The first-order valence-corrected chi connectivity index (χ1v) is 5.52. The van der Waals surface area contributed by atoms with Crippen LogP contribution in [0.4, 0.5) is 0 Å². The first kappa shape index (κ1) is 11.0. The molecule has 1 aliphatic rings. The summed E-state index contributed by atoms with van der Waals surface area (Å²) < 4.78 is 10.9. The minimum absolute atomic E-state index is 0.264. The average molecular weight is 217 g/mol. The topological polar surface area (TPSA) is 45.5 Å². The normalized spacial score (nSPS) is 17.9. The molecule has 0 unspecified atom stereocenters. The van der Waals surface area contributed by atoms with Gasteiger partial charge in [0.25, 0.3) is 0 Å². The molecule has 1 saturated heterocycles. The van der Waals surface area contributed by atoms with Gasteiger partial charge < -0.3 is 9.47 Å². The Morgan fingerprint density at radius 3 is 2.88 bits per heavy atom. The molecule has 0 aliphatic carbocycles. The van der Waals surface area contributed by atoms with Crippen molar-refractivity contribution < 1.29 is 9.47 Å². The number of hydrogen-bond acceptors (Lipinski definition) is 3. The molecule has 84 valence electrons. The zero-order valence-electron chi connectivity index (χ0n) is 9.62. The summed E-state index contributed by atoms with van der Waals surface area (Å²) in [5.41, 5.74) is 2.82. The lowest BCUT2D eigenvalue weighted by Gasteiger charge is -2.13. The van der Waals surface area contributed by atoms with Gasteiger partial charge in [-0.05, 0) is 36.6 Å². The highest BCUT2D eigenvalue weighted by atomic mass is 16.6. The minimum atomic E-state index is 0.264. The molecule has 3 heteroatoms. The third-order valence-corrected chi connectivity index (χ3v) is 2.68. The fraction of sp³-hybridized carbons (Fsp3) is 0.462. The molecule has 0 radical (unpaired) electrons. The minimum Gasteiger partial charge on any atom is -0.490 e. The van der Waals surface area contributed by atoms with Gasteiger partial charge in [0.05, 0.1) is 18.2 Å². The van der Waals surface area contributed by atoms with E-state index in [9.17, 15) is 0 Å².